The monoisotopic (exact) mass is 314 g/mol. The van der Waals surface area contributed by atoms with Gasteiger partial charge in [0.2, 0.25) is 5.89 Å². The van der Waals surface area contributed by atoms with Crippen molar-refractivity contribution >= 4 is 0 Å². The van der Waals surface area contributed by atoms with Gasteiger partial charge in [0.1, 0.15) is 5.76 Å². The first-order valence-corrected chi connectivity index (χ1v) is 7.40. The van der Waals surface area contributed by atoms with E-state index in [2.05, 4.69) is 15.4 Å². The van der Waals surface area contributed by atoms with Crippen molar-refractivity contribution in [2.45, 2.75) is 40.0 Å². The third-order valence-electron chi connectivity index (χ3n) is 3.67. The van der Waals surface area contributed by atoms with Crippen molar-refractivity contribution in [2.75, 3.05) is 0 Å². The highest BCUT2D eigenvalue weighted by Crippen LogP contribution is 2.31. The van der Waals surface area contributed by atoms with Gasteiger partial charge in [-0.15, -0.1) is 10.2 Å². The molecule has 0 unspecified atom stereocenters. The second-order valence-corrected chi connectivity index (χ2v) is 6.72. The van der Waals surface area contributed by atoms with Crippen LogP contribution < -0.4 is 0 Å². The van der Waals surface area contributed by atoms with Crippen LogP contribution in [-0.2, 0) is 5.41 Å². The van der Waals surface area contributed by atoms with Gasteiger partial charge in [-0.05, 0) is 26.0 Å². The second-order valence-electron chi connectivity index (χ2n) is 6.72. The Kier molecular flexibility index (Phi) is 3.47. The summed E-state index contributed by atoms with van der Waals surface area (Å²) >= 11 is 0. The lowest BCUT2D eigenvalue weighted by Crippen LogP contribution is -2.09. The summed E-state index contributed by atoms with van der Waals surface area (Å²) in [5.41, 5.74) is 2.94. The fourth-order valence-corrected chi connectivity index (χ4v) is 2.26. The Morgan fingerprint density at radius 1 is 0.957 bits per heavy atom. The molecule has 0 amide bonds. The molecule has 2 heterocycles. The Hall–Kier alpha value is -2.63. The van der Waals surface area contributed by atoms with E-state index in [1.807, 2.05) is 52.8 Å². The molecule has 120 valence electrons. The van der Waals surface area contributed by atoms with E-state index in [4.69, 9.17) is 14.0 Å². The maximum atomic E-state index is 7.92. The van der Waals surface area contributed by atoms with Crippen LogP contribution >= 0.6 is 0 Å². The van der Waals surface area contributed by atoms with Crippen molar-refractivity contribution in [1.29, 1.82) is 0 Å². The second kappa shape index (κ2) is 5.22. The molecular formula is C17H20N3O3+. The summed E-state index contributed by atoms with van der Waals surface area (Å²) in [6.45, 7) is 9.92. The molecule has 3 rings (SSSR count). The number of benzene rings is 1. The maximum Gasteiger partial charge on any atom is 0.270 e. The molecule has 0 atom stereocenters. The highest BCUT2D eigenvalue weighted by Gasteiger charge is 2.22. The van der Waals surface area contributed by atoms with E-state index in [1.165, 1.54) is 0 Å². The normalized spacial score (nSPS) is 11.9. The van der Waals surface area contributed by atoms with Crippen molar-refractivity contribution in [3.63, 3.8) is 0 Å². The number of hydrogen-bond donors (Lipinski definition) is 0. The lowest BCUT2D eigenvalue weighted by molar-refractivity contribution is 0.329. The van der Waals surface area contributed by atoms with Gasteiger partial charge in [-0.3, -0.25) is 0 Å². The first-order chi connectivity index (χ1) is 10.8. The number of hydrogen-bond acceptors (Lipinski definition) is 5. The van der Waals surface area contributed by atoms with E-state index in [0.29, 0.717) is 23.2 Å². The van der Waals surface area contributed by atoms with Gasteiger partial charge in [0.25, 0.3) is 11.6 Å². The van der Waals surface area contributed by atoms with Gasteiger partial charge in [0.15, 0.2) is 5.69 Å². The third-order valence-corrected chi connectivity index (χ3v) is 3.67. The largest absolute Gasteiger partial charge is 0.593 e. The Balaban J connectivity index is 1.96. The standard InChI is InChI=1S/C17H19N3O3/c1-9-6-11(7-10(2)14(9)21)15-18-19-16(22-15)12-8-13(23-20-12)17(3,4)5/h6-8,21H,1-5H3/p+1. The molecule has 0 radical (unpaired) electrons. The van der Waals surface area contributed by atoms with Crippen molar-refractivity contribution < 1.29 is 14.0 Å². The molecule has 0 fully saturated rings. The Morgan fingerprint density at radius 3 is 2.13 bits per heavy atom. The SMILES string of the molecule is Cc1cc(-c2nnc(-c3cc(C(C)(C)C)on3)o2)cc(C)c1[OH2+]. The Morgan fingerprint density at radius 2 is 1.57 bits per heavy atom. The maximum absolute atomic E-state index is 7.92. The fourth-order valence-electron chi connectivity index (χ4n) is 2.26. The Labute approximate surface area is 134 Å². The van der Waals surface area contributed by atoms with Crippen LogP contribution in [0, 0.1) is 13.8 Å². The molecule has 0 aliphatic carbocycles. The zero-order valence-corrected chi connectivity index (χ0v) is 13.9. The van der Waals surface area contributed by atoms with Gasteiger partial charge in [-0.1, -0.05) is 25.9 Å². The number of aromatic nitrogens is 3. The van der Waals surface area contributed by atoms with Crippen molar-refractivity contribution in [3.05, 3.63) is 35.1 Å². The molecule has 6 heteroatoms. The molecule has 0 bridgehead atoms. The molecule has 0 spiro atoms. The summed E-state index contributed by atoms with van der Waals surface area (Å²) in [5.74, 6) is 2.02. The third kappa shape index (κ3) is 2.84. The predicted octanol–water partition coefficient (Wildman–Crippen LogP) is 3.74. The topological polar surface area (TPSA) is 87.8 Å². The minimum Gasteiger partial charge on any atom is -0.593 e. The fraction of sp³-hybridized carbons (Fsp3) is 0.353. The molecule has 0 saturated carbocycles. The minimum atomic E-state index is -0.133. The molecule has 0 aliphatic heterocycles. The van der Waals surface area contributed by atoms with E-state index in [-0.39, 0.29) is 5.41 Å². The van der Waals surface area contributed by atoms with Crippen molar-refractivity contribution in [2.24, 2.45) is 0 Å². The number of rotatable bonds is 2. The van der Waals surface area contributed by atoms with Crippen LogP contribution in [0.5, 0.6) is 5.75 Å². The average molecular weight is 314 g/mol. The summed E-state index contributed by atoms with van der Waals surface area (Å²) in [4.78, 5) is 0. The molecule has 2 aromatic heterocycles. The average Bonchev–Trinajstić information content (AvgIpc) is 3.11. The van der Waals surface area contributed by atoms with Crippen LogP contribution in [0.3, 0.4) is 0 Å². The van der Waals surface area contributed by atoms with Crippen LogP contribution in [0.1, 0.15) is 37.7 Å². The Bertz CT molecular complexity index is 833. The van der Waals surface area contributed by atoms with E-state index in [9.17, 15) is 0 Å². The molecule has 3 aromatic rings. The highest BCUT2D eigenvalue weighted by molar-refractivity contribution is 5.61. The molecular weight excluding hydrogens is 294 g/mol. The lowest BCUT2D eigenvalue weighted by Gasteiger charge is -2.11. The first kappa shape index (κ1) is 15.3. The summed E-state index contributed by atoms with van der Waals surface area (Å²) < 4.78 is 11.1. The quantitative estimate of drug-likeness (QED) is 0.672. The van der Waals surface area contributed by atoms with Gasteiger partial charge in [0, 0.05) is 28.2 Å². The predicted molar refractivity (Wildman–Crippen MR) is 86.5 cm³/mol. The number of aryl methyl sites for hydroxylation is 2. The van der Waals surface area contributed by atoms with Crippen molar-refractivity contribution in [1.82, 2.24) is 15.4 Å². The van der Waals surface area contributed by atoms with E-state index >= 15 is 0 Å². The molecule has 0 saturated heterocycles. The molecule has 6 nitrogen and oxygen atoms in total. The van der Waals surface area contributed by atoms with E-state index < -0.39 is 0 Å². The van der Waals surface area contributed by atoms with Gasteiger partial charge in [-0.2, -0.15) is 0 Å². The molecule has 2 N–H and O–H groups in total. The van der Waals surface area contributed by atoms with Gasteiger partial charge >= 0.3 is 0 Å². The molecule has 23 heavy (non-hydrogen) atoms. The van der Waals surface area contributed by atoms with Gasteiger partial charge < -0.3 is 14.0 Å². The number of nitrogens with zero attached hydrogens (tertiary/aromatic N) is 3. The highest BCUT2D eigenvalue weighted by atomic mass is 16.5. The summed E-state index contributed by atoms with van der Waals surface area (Å²) in [6, 6.07) is 5.56. The van der Waals surface area contributed by atoms with Crippen LogP contribution in [0.2, 0.25) is 0 Å². The smallest absolute Gasteiger partial charge is 0.270 e. The van der Waals surface area contributed by atoms with Crippen LogP contribution in [0.25, 0.3) is 23.0 Å². The van der Waals surface area contributed by atoms with Gasteiger partial charge in [0.05, 0.1) is 0 Å². The zero-order chi connectivity index (χ0) is 16.8. The summed E-state index contributed by atoms with van der Waals surface area (Å²) in [6.07, 6.45) is 0. The van der Waals surface area contributed by atoms with Crippen molar-refractivity contribution in [3.8, 4) is 28.8 Å². The minimum absolute atomic E-state index is 0.133. The molecule has 1 aromatic carbocycles. The van der Waals surface area contributed by atoms with Crippen LogP contribution in [0.15, 0.2) is 27.1 Å². The van der Waals surface area contributed by atoms with Gasteiger partial charge in [-0.25, -0.2) is 0 Å². The van der Waals surface area contributed by atoms with E-state index in [1.54, 1.807) is 0 Å². The van der Waals surface area contributed by atoms with E-state index in [0.717, 1.165) is 22.5 Å². The zero-order valence-electron chi connectivity index (χ0n) is 13.9. The first-order valence-electron chi connectivity index (χ1n) is 7.40. The summed E-state index contributed by atoms with van der Waals surface area (Å²) in [7, 11) is 0. The summed E-state index contributed by atoms with van der Waals surface area (Å²) in [5, 5.41) is 20.1. The van der Waals surface area contributed by atoms with Crippen LogP contribution in [-0.4, -0.2) is 20.5 Å². The van der Waals surface area contributed by atoms with Crippen LogP contribution in [0.4, 0.5) is 0 Å². The lowest BCUT2D eigenvalue weighted by atomic mass is 9.93. The molecule has 0 aliphatic rings.